The number of carbonyl (C=O) groups excluding carboxylic acids is 2. The Kier molecular flexibility index (Phi) is 8.76. The maximum atomic E-state index is 13.2. The standard InChI is InChI=1S/C27H33NO7/c1-17(2)16-35-19-9-7-18(8-10-19)25(29)23-24(21-15-20(33-4)11-12-22(21)34-5)28(13-6-14-32-3)27(31)26(23)30/h7-12,15,17,24,29H,6,13-14,16H2,1-5H3/t24-/m1/s1. The maximum absolute atomic E-state index is 13.2. The molecule has 8 heteroatoms. The molecule has 0 aliphatic carbocycles. The van der Waals surface area contributed by atoms with Gasteiger partial charge in [0.05, 0.1) is 32.4 Å². The fourth-order valence-corrected chi connectivity index (χ4v) is 3.99. The van der Waals surface area contributed by atoms with Gasteiger partial charge in [0, 0.05) is 31.4 Å². The van der Waals surface area contributed by atoms with E-state index in [0.717, 1.165) is 0 Å². The predicted molar refractivity (Wildman–Crippen MR) is 132 cm³/mol. The molecule has 188 valence electrons. The molecule has 35 heavy (non-hydrogen) atoms. The number of Topliss-reactive ketones (excluding diaryl/α,β-unsaturated/α-hetero) is 1. The summed E-state index contributed by atoms with van der Waals surface area (Å²) < 4.78 is 21.8. The summed E-state index contributed by atoms with van der Waals surface area (Å²) in [5.41, 5.74) is 0.945. The van der Waals surface area contributed by atoms with Gasteiger partial charge >= 0.3 is 0 Å². The lowest BCUT2D eigenvalue weighted by molar-refractivity contribution is -0.140. The Morgan fingerprint density at radius 2 is 1.69 bits per heavy atom. The van der Waals surface area contributed by atoms with E-state index >= 15 is 0 Å². The number of aliphatic hydroxyl groups excluding tert-OH is 1. The summed E-state index contributed by atoms with van der Waals surface area (Å²) in [6, 6.07) is 11.1. The second-order valence-electron chi connectivity index (χ2n) is 8.68. The minimum absolute atomic E-state index is 0.00480. The summed E-state index contributed by atoms with van der Waals surface area (Å²) >= 11 is 0. The third-order valence-electron chi connectivity index (χ3n) is 5.73. The number of ether oxygens (including phenoxy) is 4. The van der Waals surface area contributed by atoms with Crippen LogP contribution in [0.4, 0.5) is 0 Å². The molecule has 1 atom stereocenters. The lowest BCUT2D eigenvalue weighted by Gasteiger charge is -2.27. The largest absolute Gasteiger partial charge is 0.507 e. The van der Waals surface area contributed by atoms with Crippen LogP contribution in [0.15, 0.2) is 48.0 Å². The van der Waals surface area contributed by atoms with Crippen LogP contribution >= 0.6 is 0 Å². The van der Waals surface area contributed by atoms with Gasteiger partial charge < -0.3 is 29.0 Å². The number of nitrogens with zero attached hydrogens (tertiary/aromatic N) is 1. The molecular weight excluding hydrogens is 450 g/mol. The first-order valence-corrected chi connectivity index (χ1v) is 11.5. The van der Waals surface area contributed by atoms with E-state index in [4.69, 9.17) is 18.9 Å². The van der Waals surface area contributed by atoms with Crippen LogP contribution in [0.1, 0.15) is 37.4 Å². The third-order valence-corrected chi connectivity index (χ3v) is 5.73. The molecule has 8 nitrogen and oxygen atoms in total. The summed E-state index contributed by atoms with van der Waals surface area (Å²) in [4.78, 5) is 27.7. The molecule has 0 aromatic heterocycles. The van der Waals surface area contributed by atoms with Gasteiger partial charge in [-0.2, -0.15) is 0 Å². The van der Waals surface area contributed by atoms with Crippen molar-refractivity contribution in [3.63, 3.8) is 0 Å². The van der Waals surface area contributed by atoms with Gasteiger partial charge in [-0.25, -0.2) is 0 Å². The van der Waals surface area contributed by atoms with Crippen LogP contribution < -0.4 is 14.2 Å². The zero-order chi connectivity index (χ0) is 25.5. The van der Waals surface area contributed by atoms with Gasteiger partial charge in [0.25, 0.3) is 11.7 Å². The summed E-state index contributed by atoms with van der Waals surface area (Å²) in [6.45, 7) is 5.36. The normalized spacial score (nSPS) is 17.2. The molecule has 1 saturated heterocycles. The predicted octanol–water partition coefficient (Wildman–Crippen LogP) is 4.20. The molecule has 1 aliphatic rings. The monoisotopic (exact) mass is 483 g/mol. The Labute approximate surface area is 206 Å². The number of rotatable bonds is 11. The minimum atomic E-state index is -0.853. The van der Waals surface area contributed by atoms with E-state index in [1.165, 1.54) is 19.1 Å². The minimum Gasteiger partial charge on any atom is -0.507 e. The van der Waals surface area contributed by atoms with Crippen molar-refractivity contribution in [3.05, 3.63) is 59.2 Å². The number of amides is 1. The second-order valence-corrected chi connectivity index (χ2v) is 8.68. The van der Waals surface area contributed by atoms with E-state index in [1.807, 2.05) is 0 Å². The molecule has 0 radical (unpaired) electrons. The summed E-state index contributed by atoms with van der Waals surface area (Å²) in [5, 5.41) is 11.3. The average Bonchev–Trinajstić information content (AvgIpc) is 3.12. The topological polar surface area (TPSA) is 94.5 Å². The fraction of sp³-hybridized carbons (Fsp3) is 0.407. The molecule has 0 saturated carbocycles. The zero-order valence-corrected chi connectivity index (χ0v) is 20.9. The zero-order valence-electron chi connectivity index (χ0n) is 20.9. The highest BCUT2D eigenvalue weighted by atomic mass is 16.5. The van der Waals surface area contributed by atoms with Crippen molar-refractivity contribution in [1.82, 2.24) is 4.90 Å². The van der Waals surface area contributed by atoms with Crippen LogP contribution in [0, 0.1) is 5.92 Å². The number of carbonyl (C=O) groups is 2. The van der Waals surface area contributed by atoms with Crippen LogP contribution in [0.5, 0.6) is 17.2 Å². The highest BCUT2D eigenvalue weighted by Gasteiger charge is 2.47. The number of methoxy groups -OCH3 is 3. The fourth-order valence-electron chi connectivity index (χ4n) is 3.99. The Bertz CT molecular complexity index is 1080. The average molecular weight is 484 g/mol. The highest BCUT2D eigenvalue weighted by Crippen LogP contribution is 2.44. The molecule has 1 heterocycles. The maximum Gasteiger partial charge on any atom is 0.295 e. The Balaban J connectivity index is 2.10. The van der Waals surface area contributed by atoms with Crippen LogP contribution in [0.25, 0.3) is 5.76 Å². The van der Waals surface area contributed by atoms with Gasteiger partial charge in [-0.15, -0.1) is 0 Å². The molecule has 0 unspecified atom stereocenters. The number of ketones is 1. The van der Waals surface area contributed by atoms with E-state index in [1.54, 1.807) is 49.6 Å². The number of likely N-dealkylation sites (tertiary alicyclic amines) is 1. The summed E-state index contributed by atoms with van der Waals surface area (Å²) in [5.74, 6) is 0.330. The Morgan fingerprint density at radius 3 is 2.29 bits per heavy atom. The molecule has 1 amide bonds. The van der Waals surface area contributed by atoms with Crippen molar-refractivity contribution in [2.24, 2.45) is 5.92 Å². The number of benzene rings is 2. The van der Waals surface area contributed by atoms with Crippen molar-refractivity contribution in [2.45, 2.75) is 26.3 Å². The van der Waals surface area contributed by atoms with Crippen molar-refractivity contribution < 1.29 is 33.6 Å². The van der Waals surface area contributed by atoms with E-state index in [-0.39, 0.29) is 17.9 Å². The lowest BCUT2D eigenvalue weighted by Crippen LogP contribution is -2.31. The first-order valence-electron chi connectivity index (χ1n) is 11.5. The number of hydrogen-bond donors (Lipinski definition) is 1. The first kappa shape index (κ1) is 26.1. The molecule has 0 spiro atoms. The molecule has 0 bridgehead atoms. The van der Waals surface area contributed by atoms with Gasteiger partial charge in [0.1, 0.15) is 23.0 Å². The van der Waals surface area contributed by atoms with Gasteiger partial charge in [-0.3, -0.25) is 9.59 Å². The van der Waals surface area contributed by atoms with Crippen LogP contribution in [0.2, 0.25) is 0 Å². The molecule has 1 fully saturated rings. The SMILES string of the molecule is COCCCN1C(=O)C(=O)C(=C(O)c2ccc(OCC(C)C)cc2)[C@H]1c1cc(OC)ccc1OC. The smallest absolute Gasteiger partial charge is 0.295 e. The molecule has 2 aromatic rings. The lowest BCUT2D eigenvalue weighted by atomic mass is 9.94. The van der Waals surface area contributed by atoms with Crippen LogP contribution in [-0.2, 0) is 14.3 Å². The number of aliphatic hydroxyl groups is 1. The van der Waals surface area contributed by atoms with Crippen molar-refractivity contribution in [3.8, 4) is 17.2 Å². The second kappa shape index (κ2) is 11.8. The molecule has 1 aliphatic heterocycles. The van der Waals surface area contributed by atoms with Crippen molar-refractivity contribution in [2.75, 3.05) is 41.1 Å². The van der Waals surface area contributed by atoms with Gasteiger partial charge in [0.2, 0.25) is 0 Å². The molecule has 1 N–H and O–H groups in total. The van der Waals surface area contributed by atoms with Gasteiger partial charge in [-0.05, 0) is 54.8 Å². The van der Waals surface area contributed by atoms with E-state index in [2.05, 4.69) is 13.8 Å². The van der Waals surface area contributed by atoms with E-state index < -0.39 is 17.7 Å². The van der Waals surface area contributed by atoms with Crippen LogP contribution in [-0.4, -0.2) is 62.8 Å². The van der Waals surface area contributed by atoms with Gasteiger partial charge in [0.15, 0.2) is 0 Å². The third kappa shape index (κ3) is 5.77. The van der Waals surface area contributed by atoms with Gasteiger partial charge in [-0.1, -0.05) is 13.8 Å². The van der Waals surface area contributed by atoms with E-state index in [9.17, 15) is 14.7 Å². The molecular formula is C27H33NO7. The van der Waals surface area contributed by atoms with Crippen LogP contribution in [0.3, 0.4) is 0 Å². The molecule has 3 rings (SSSR count). The highest BCUT2D eigenvalue weighted by molar-refractivity contribution is 6.46. The first-order chi connectivity index (χ1) is 16.8. The summed E-state index contributed by atoms with van der Waals surface area (Å²) in [6.07, 6.45) is 0.522. The van der Waals surface area contributed by atoms with Crippen molar-refractivity contribution >= 4 is 17.4 Å². The quantitative estimate of drug-likeness (QED) is 0.222. The Morgan fingerprint density at radius 1 is 1.00 bits per heavy atom. The number of hydrogen-bond acceptors (Lipinski definition) is 7. The molecule has 2 aromatic carbocycles. The summed E-state index contributed by atoms with van der Waals surface area (Å²) in [7, 11) is 4.62. The Hall–Kier alpha value is -3.52. The van der Waals surface area contributed by atoms with E-state index in [0.29, 0.717) is 53.9 Å². The van der Waals surface area contributed by atoms with Crippen molar-refractivity contribution in [1.29, 1.82) is 0 Å².